The number of benzene rings is 1. The Morgan fingerprint density at radius 3 is 2.81 bits per heavy atom. The summed E-state index contributed by atoms with van der Waals surface area (Å²) < 4.78 is 18.1. The van der Waals surface area contributed by atoms with Crippen molar-refractivity contribution in [2.75, 3.05) is 0 Å². The van der Waals surface area contributed by atoms with Gasteiger partial charge in [0.05, 0.1) is 11.8 Å². The molecule has 0 spiro atoms. The van der Waals surface area contributed by atoms with Gasteiger partial charge in [-0.2, -0.15) is 0 Å². The third kappa shape index (κ3) is 3.93. The first kappa shape index (κ1) is 17.9. The maximum atomic E-state index is 12.9. The van der Waals surface area contributed by atoms with Crippen LogP contribution in [-0.2, 0) is 35.4 Å². The number of nitrogens with zero attached hydrogens (tertiary/aromatic N) is 1. The van der Waals surface area contributed by atoms with E-state index < -0.39 is 0 Å². The molecule has 0 saturated carbocycles. The van der Waals surface area contributed by atoms with E-state index in [1.165, 1.54) is 17.0 Å². The Hall–Kier alpha value is -2.54. The molecular weight excluding hydrogens is 367 g/mol. The molecule has 3 aromatic rings. The van der Waals surface area contributed by atoms with E-state index in [1.807, 2.05) is 0 Å². The Kier molecular flexibility index (Phi) is 5.03. The minimum Gasteiger partial charge on any atom is -0.461 e. The first-order chi connectivity index (χ1) is 13.1. The molecule has 0 bridgehead atoms. The molecular formula is C20H19FN2O3S. The predicted octanol–water partition coefficient (Wildman–Crippen LogP) is 3.68. The van der Waals surface area contributed by atoms with Crippen molar-refractivity contribution in [2.45, 2.75) is 45.1 Å². The highest BCUT2D eigenvalue weighted by atomic mass is 32.1. The topological polar surface area (TPSA) is 72.0 Å². The van der Waals surface area contributed by atoms with E-state index in [4.69, 9.17) is 4.74 Å². The number of nitrogens with one attached hydrogen (secondary N) is 1. The van der Waals surface area contributed by atoms with Crippen LogP contribution in [0.4, 0.5) is 4.39 Å². The van der Waals surface area contributed by atoms with E-state index >= 15 is 0 Å². The van der Waals surface area contributed by atoms with Crippen LogP contribution in [0.15, 0.2) is 29.1 Å². The number of hydrogen-bond donors (Lipinski definition) is 1. The van der Waals surface area contributed by atoms with Gasteiger partial charge >= 0.3 is 5.97 Å². The monoisotopic (exact) mass is 386 g/mol. The second kappa shape index (κ2) is 7.60. The number of fused-ring (bicyclic) bond motifs is 3. The number of aryl methyl sites for hydroxylation is 3. The lowest BCUT2D eigenvalue weighted by Crippen LogP contribution is -2.14. The molecule has 0 amide bonds. The van der Waals surface area contributed by atoms with Crippen LogP contribution in [0.2, 0.25) is 0 Å². The smallest absolute Gasteiger partial charge is 0.306 e. The van der Waals surface area contributed by atoms with Crippen molar-refractivity contribution < 1.29 is 13.9 Å². The molecule has 2 heterocycles. The zero-order valence-corrected chi connectivity index (χ0v) is 15.5. The summed E-state index contributed by atoms with van der Waals surface area (Å²) in [5.41, 5.74) is 1.76. The number of thiophene rings is 1. The molecule has 1 aliphatic rings. The Labute approximate surface area is 159 Å². The second-order valence-corrected chi connectivity index (χ2v) is 7.77. The van der Waals surface area contributed by atoms with Gasteiger partial charge in [0.25, 0.3) is 5.56 Å². The van der Waals surface area contributed by atoms with E-state index in [9.17, 15) is 14.0 Å². The van der Waals surface area contributed by atoms with Crippen molar-refractivity contribution in [3.63, 3.8) is 0 Å². The van der Waals surface area contributed by atoms with E-state index in [-0.39, 0.29) is 30.4 Å². The molecule has 1 aromatic carbocycles. The summed E-state index contributed by atoms with van der Waals surface area (Å²) >= 11 is 1.59. The Bertz CT molecular complexity index is 1040. The van der Waals surface area contributed by atoms with E-state index in [1.54, 1.807) is 23.5 Å². The van der Waals surface area contributed by atoms with Crippen molar-refractivity contribution >= 4 is 27.5 Å². The predicted molar refractivity (Wildman–Crippen MR) is 101 cm³/mol. The molecule has 5 nitrogen and oxygen atoms in total. The van der Waals surface area contributed by atoms with E-state index in [2.05, 4.69) is 9.97 Å². The number of carbonyl (C=O) groups is 1. The number of aromatic nitrogens is 2. The van der Waals surface area contributed by atoms with Crippen LogP contribution in [-0.4, -0.2) is 15.9 Å². The van der Waals surface area contributed by atoms with Gasteiger partial charge in [0.2, 0.25) is 0 Å². The SMILES string of the molecule is O=C(CCc1nc2sc3c(c2c(=O)[nH]1)CCCC3)OCc1ccc(F)cc1. The average molecular weight is 386 g/mol. The van der Waals surface area contributed by atoms with Gasteiger partial charge in [0, 0.05) is 11.3 Å². The van der Waals surface area contributed by atoms with Crippen molar-refractivity contribution in [1.29, 1.82) is 0 Å². The van der Waals surface area contributed by atoms with Crippen LogP contribution in [0.3, 0.4) is 0 Å². The molecule has 0 unspecified atom stereocenters. The normalized spacial score (nSPS) is 13.5. The highest BCUT2D eigenvalue weighted by Gasteiger charge is 2.20. The highest BCUT2D eigenvalue weighted by Crippen LogP contribution is 2.33. The number of ether oxygens (including phenoxy) is 1. The second-order valence-electron chi connectivity index (χ2n) is 6.69. The van der Waals surface area contributed by atoms with Crippen molar-refractivity contribution in [3.8, 4) is 0 Å². The largest absolute Gasteiger partial charge is 0.461 e. The molecule has 0 fully saturated rings. The lowest BCUT2D eigenvalue weighted by atomic mass is 9.97. The van der Waals surface area contributed by atoms with E-state index in [0.717, 1.165) is 47.0 Å². The number of rotatable bonds is 5. The molecule has 140 valence electrons. The van der Waals surface area contributed by atoms with Crippen LogP contribution in [0.1, 0.15) is 41.1 Å². The summed E-state index contributed by atoms with van der Waals surface area (Å²) in [5.74, 6) is -0.205. The zero-order valence-electron chi connectivity index (χ0n) is 14.7. The first-order valence-electron chi connectivity index (χ1n) is 9.03. The molecule has 7 heteroatoms. The minimum atomic E-state index is -0.382. The zero-order chi connectivity index (χ0) is 18.8. The number of hydrogen-bond acceptors (Lipinski definition) is 5. The Balaban J connectivity index is 1.40. The Morgan fingerprint density at radius 1 is 1.22 bits per heavy atom. The summed E-state index contributed by atoms with van der Waals surface area (Å²) in [7, 11) is 0. The molecule has 1 N–H and O–H groups in total. The number of aromatic amines is 1. The molecule has 0 radical (unpaired) electrons. The van der Waals surface area contributed by atoms with Crippen LogP contribution in [0.25, 0.3) is 10.2 Å². The maximum Gasteiger partial charge on any atom is 0.306 e. The van der Waals surface area contributed by atoms with Crippen LogP contribution < -0.4 is 5.56 Å². The molecule has 27 heavy (non-hydrogen) atoms. The molecule has 0 atom stereocenters. The average Bonchev–Trinajstić information content (AvgIpc) is 3.05. The van der Waals surface area contributed by atoms with E-state index in [0.29, 0.717) is 12.2 Å². The molecule has 0 aliphatic heterocycles. The van der Waals surface area contributed by atoms with Gasteiger partial charge in [-0.15, -0.1) is 11.3 Å². The van der Waals surface area contributed by atoms with Gasteiger partial charge in [0.15, 0.2) is 0 Å². The minimum absolute atomic E-state index is 0.0970. The third-order valence-electron chi connectivity index (χ3n) is 4.75. The van der Waals surface area contributed by atoms with Crippen LogP contribution in [0, 0.1) is 5.82 Å². The number of carbonyl (C=O) groups excluding carboxylic acids is 1. The fourth-order valence-electron chi connectivity index (χ4n) is 3.36. The summed E-state index contributed by atoms with van der Waals surface area (Å²) in [4.78, 5) is 33.8. The lowest BCUT2D eigenvalue weighted by Gasteiger charge is -2.09. The van der Waals surface area contributed by atoms with Gasteiger partial charge in [-0.1, -0.05) is 12.1 Å². The summed E-state index contributed by atoms with van der Waals surface area (Å²) in [5, 5.41) is 0.720. The van der Waals surface area contributed by atoms with Gasteiger partial charge < -0.3 is 9.72 Å². The summed E-state index contributed by atoms with van der Waals surface area (Å²) in [6.45, 7) is 0.0970. The molecule has 0 saturated heterocycles. The first-order valence-corrected chi connectivity index (χ1v) is 9.85. The fraction of sp³-hybridized carbons (Fsp3) is 0.350. The summed E-state index contributed by atoms with van der Waals surface area (Å²) in [6, 6.07) is 5.81. The lowest BCUT2D eigenvalue weighted by molar-refractivity contribution is -0.144. The van der Waals surface area contributed by atoms with Gasteiger partial charge in [0.1, 0.15) is 23.1 Å². The number of halogens is 1. The molecule has 4 rings (SSSR count). The van der Waals surface area contributed by atoms with Gasteiger partial charge in [-0.05, 0) is 48.9 Å². The number of H-pyrrole nitrogens is 1. The van der Waals surface area contributed by atoms with Crippen molar-refractivity contribution in [1.82, 2.24) is 9.97 Å². The standard InChI is InChI=1S/C20H19FN2O3S/c21-13-7-5-12(6-8-13)11-26-17(24)10-9-16-22-19(25)18-14-3-1-2-4-15(14)27-20(18)23-16/h5-8H,1-4,9-11H2,(H,22,23,25). The van der Waals surface area contributed by atoms with Gasteiger partial charge in [-0.3, -0.25) is 9.59 Å². The third-order valence-corrected chi connectivity index (χ3v) is 5.94. The van der Waals surface area contributed by atoms with Crippen LogP contribution >= 0.6 is 11.3 Å². The van der Waals surface area contributed by atoms with Crippen molar-refractivity contribution in [2.24, 2.45) is 0 Å². The quantitative estimate of drug-likeness (QED) is 0.679. The highest BCUT2D eigenvalue weighted by molar-refractivity contribution is 7.18. The maximum absolute atomic E-state index is 12.9. The van der Waals surface area contributed by atoms with Gasteiger partial charge in [-0.25, -0.2) is 9.37 Å². The summed E-state index contributed by atoms with van der Waals surface area (Å²) in [6.07, 6.45) is 4.66. The van der Waals surface area contributed by atoms with Crippen LogP contribution in [0.5, 0.6) is 0 Å². The fourth-order valence-corrected chi connectivity index (χ4v) is 4.64. The molecule has 1 aliphatic carbocycles. The van der Waals surface area contributed by atoms with Crippen molar-refractivity contribution in [3.05, 3.63) is 62.3 Å². The molecule has 2 aromatic heterocycles. The Morgan fingerprint density at radius 2 is 2.00 bits per heavy atom. The number of esters is 1.